The summed E-state index contributed by atoms with van der Waals surface area (Å²) in [5, 5.41) is 0. The maximum absolute atomic E-state index is 5.91. The Hall–Kier alpha value is -1.33. The summed E-state index contributed by atoms with van der Waals surface area (Å²) in [6, 6.07) is 6.42. The first kappa shape index (κ1) is 12.7. The van der Waals surface area contributed by atoms with E-state index in [4.69, 9.17) is 5.73 Å². The first-order valence-electron chi connectivity index (χ1n) is 6.45. The van der Waals surface area contributed by atoms with Crippen LogP contribution in [0.5, 0.6) is 0 Å². The summed E-state index contributed by atoms with van der Waals surface area (Å²) in [6.07, 6.45) is 3.91. The highest BCUT2D eigenvalue weighted by Gasteiger charge is 2.18. The third kappa shape index (κ3) is 2.40. The fourth-order valence-electron chi connectivity index (χ4n) is 2.44. The zero-order valence-electron chi connectivity index (χ0n) is 10.9. The van der Waals surface area contributed by atoms with Gasteiger partial charge in [0.05, 0.1) is 12.2 Å². The van der Waals surface area contributed by atoms with Gasteiger partial charge < -0.3 is 15.2 Å². The number of hydrogen-bond donors (Lipinski definition) is 1. The van der Waals surface area contributed by atoms with Crippen molar-refractivity contribution in [3.63, 3.8) is 0 Å². The topological polar surface area (TPSA) is 47.1 Å². The van der Waals surface area contributed by atoms with Crippen LogP contribution in [0.3, 0.4) is 0 Å². The molecule has 2 N–H and O–H groups in total. The normalized spacial score (nSPS) is 16.3. The van der Waals surface area contributed by atoms with E-state index in [0.717, 1.165) is 35.5 Å². The molecule has 0 bridgehead atoms. The van der Waals surface area contributed by atoms with Gasteiger partial charge in [-0.15, -0.1) is 0 Å². The van der Waals surface area contributed by atoms with Crippen molar-refractivity contribution in [2.75, 3.05) is 11.4 Å². The minimum atomic E-state index is 0.0607. The van der Waals surface area contributed by atoms with Crippen LogP contribution in [0.2, 0.25) is 0 Å². The van der Waals surface area contributed by atoms with Gasteiger partial charge in [-0.3, -0.25) is 0 Å². The molecule has 19 heavy (non-hydrogen) atoms. The Kier molecular flexibility index (Phi) is 3.33. The summed E-state index contributed by atoms with van der Waals surface area (Å²) < 4.78 is 3.31. The smallest absolute Gasteiger partial charge is 0.128 e. The van der Waals surface area contributed by atoms with Crippen LogP contribution in [0, 0.1) is 0 Å². The van der Waals surface area contributed by atoms with E-state index >= 15 is 0 Å². The number of fused-ring (bicyclic) bond motifs is 1. The number of aromatic nitrogens is 2. The number of nitrogens with two attached hydrogens (primary N) is 1. The Morgan fingerprint density at radius 1 is 1.37 bits per heavy atom. The van der Waals surface area contributed by atoms with Gasteiger partial charge in [0, 0.05) is 36.0 Å². The lowest BCUT2D eigenvalue weighted by Crippen LogP contribution is -2.33. The zero-order chi connectivity index (χ0) is 13.4. The van der Waals surface area contributed by atoms with Gasteiger partial charge >= 0.3 is 0 Å². The van der Waals surface area contributed by atoms with E-state index in [-0.39, 0.29) is 6.04 Å². The van der Waals surface area contributed by atoms with Crippen molar-refractivity contribution >= 4 is 21.6 Å². The largest absolute Gasteiger partial charge is 0.361 e. The van der Waals surface area contributed by atoms with Crippen molar-refractivity contribution < 1.29 is 0 Å². The second-order valence-corrected chi connectivity index (χ2v) is 5.81. The highest BCUT2D eigenvalue weighted by Crippen LogP contribution is 2.31. The SMILES string of the molecule is CC(N)c1ccc(N2CCn3ccnc3C2)c(Br)c1. The molecule has 0 aliphatic carbocycles. The Labute approximate surface area is 121 Å². The lowest BCUT2D eigenvalue weighted by atomic mass is 10.1. The van der Waals surface area contributed by atoms with Crippen LogP contribution < -0.4 is 10.6 Å². The van der Waals surface area contributed by atoms with E-state index in [1.165, 1.54) is 5.69 Å². The van der Waals surface area contributed by atoms with Crippen LogP contribution in [0.1, 0.15) is 24.4 Å². The molecule has 5 heteroatoms. The van der Waals surface area contributed by atoms with Gasteiger partial charge in [0.1, 0.15) is 5.82 Å². The van der Waals surface area contributed by atoms with Gasteiger partial charge in [0.25, 0.3) is 0 Å². The lowest BCUT2D eigenvalue weighted by molar-refractivity contribution is 0.559. The average molecular weight is 321 g/mol. The van der Waals surface area contributed by atoms with E-state index in [0.29, 0.717) is 0 Å². The molecule has 4 nitrogen and oxygen atoms in total. The van der Waals surface area contributed by atoms with Crippen molar-refractivity contribution in [1.82, 2.24) is 9.55 Å². The molecule has 1 aliphatic rings. The molecular weight excluding hydrogens is 304 g/mol. The van der Waals surface area contributed by atoms with E-state index in [1.54, 1.807) is 0 Å². The van der Waals surface area contributed by atoms with Gasteiger partial charge in [0.2, 0.25) is 0 Å². The fraction of sp³-hybridized carbons (Fsp3) is 0.357. The van der Waals surface area contributed by atoms with E-state index < -0.39 is 0 Å². The van der Waals surface area contributed by atoms with Gasteiger partial charge in [-0.05, 0) is 40.5 Å². The number of benzene rings is 1. The number of rotatable bonds is 2. The van der Waals surface area contributed by atoms with Crippen LogP contribution in [0.4, 0.5) is 5.69 Å². The molecule has 2 aromatic rings. The molecule has 0 fully saturated rings. The van der Waals surface area contributed by atoms with Crippen molar-refractivity contribution in [3.8, 4) is 0 Å². The average Bonchev–Trinajstić information content (AvgIpc) is 2.85. The van der Waals surface area contributed by atoms with E-state index in [9.17, 15) is 0 Å². The molecule has 1 atom stereocenters. The Morgan fingerprint density at radius 3 is 2.95 bits per heavy atom. The molecule has 2 heterocycles. The molecule has 0 radical (unpaired) electrons. The summed E-state index contributed by atoms with van der Waals surface area (Å²) in [4.78, 5) is 6.74. The molecule has 1 aromatic heterocycles. The predicted molar refractivity (Wildman–Crippen MR) is 80.0 cm³/mol. The molecule has 100 valence electrons. The zero-order valence-corrected chi connectivity index (χ0v) is 12.5. The lowest BCUT2D eigenvalue weighted by Gasteiger charge is -2.30. The van der Waals surface area contributed by atoms with Crippen molar-refractivity contribution in [1.29, 1.82) is 0 Å². The summed E-state index contributed by atoms with van der Waals surface area (Å²) >= 11 is 3.66. The number of imidazole rings is 1. The fourth-order valence-corrected chi connectivity index (χ4v) is 3.09. The third-order valence-electron chi connectivity index (χ3n) is 3.58. The number of nitrogens with zero attached hydrogens (tertiary/aromatic N) is 3. The second-order valence-electron chi connectivity index (χ2n) is 4.96. The number of halogens is 1. The van der Waals surface area contributed by atoms with Crippen LogP contribution in [-0.4, -0.2) is 16.1 Å². The molecule has 0 amide bonds. The standard InChI is InChI=1S/C14H17BrN4/c1-10(16)11-2-3-13(12(15)8-11)19-7-6-18-5-4-17-14(18)9-19/h2-5,8,10H,6-7,9,16H2,1H3. The number of hydrogen-bond acceptors (Lipinski definition) is 3. The van der Waals surface area contributed by atoms with Crippen LogP contribution in [0.15, 0.2) is 35.1 Å². The second kappa shape index (κ2) is 4.98. The van der Waals surface area contributed by atoms with E-state index in [2.05, 4.69) is 48.6 Å². The Bertz CT molecular complexity index is 591. The maximum atomic E-state index is 5.91. The summed E-state index contributed by atoms with van der Waals surface area (Å²) in [6.45, 7) is 4.83. The van der Waals surface area contributed by atoms with Gasteiger partial charge in [-0.1, -0.05) is 6.07 Å². The van der Waals surface area contributed by atoms with Gasteiger partial charge in [-0.2, -0.15) is 0 Å². The first-order chi connectivity index (χ1) is 9.15. The minimum absolute atomic E-state index is 0.0607. The predicted octanol–water partition coefficient (Wildman–Crippen LogP) is 2.69. The monoisotopic (exact) mass is 320 g/mol. The minimum Gasteiger partial charge on any atom is -0.361 e. The molecular formula is C14H17BrN4. The van der Waals surface area contributed by atoms with Crippen LogP contribution in [0.25, 0.3) is 0 Å². The van der Waals surface area contributed by atoms with Gasteiger partial charge in [-0.25, -0.2) is 4.98 Å². The Balaban J connectivity index is 1.88. The molecule has 0 saturated heterocycles. The molecule has 1 aromatic carbocycles. The van der Waals surface area contributed by atoms with Gasteiger partial charge in [0.15, 0.2) is 0 Å². The molecule has 0 spiro atoms. The van der Waals surface area contributed by atoms with Crippen molar-refractivity contribution in [2.45, 2.75) is 26.1 Å². The van der Waals surface area contributed by atoms with E-state index in [1.807, 2.05) is 19.3 Å². The van der Waals surface area contributed by atoms with Crippen molar-refractivity contribution in [3.05, 3.63) is 46.5 Å². The summed E-state index contributed by atoms with van der Waals surface area (Å²) in [5.41, 5.74) is 8.27. The van der Waals surface area contributed by atoms with Crippen LogP contribution in [-0.2, 0) is 13.1 Å². The molecule has 1 aliphatic heterocycles. The Morgan fingerprint density at radius 2 is 2.21 bits per heavy atom. The highest BCUT2D eigenvalue weighted by atomic mass is 79.9. The quantitative estimate of drug-likeness (QED) is 0.925. The molecule has 0 saturated carbocycles. The third-order valence-corrected chi connectivity index (χ3v) is 4.22. The maximum Gasteiger partial charge on any atom is 0.128 e. The first-order valence-corrected chi connectivity index (χ1v) is 7.24. The summed E-state index contributed by atoms with van der Waals surface area (Å²) in [5.74, 6) is 1.12. The van der Waals surface area contributed by atoms with Crippen molar-refractivity contribution in [2.24, 2.45) is 5.73 Å². The highest BCUT2D eigenvalue weighted by molar-refractivity contribution is 9.10. The molecule has 1 unspecified atom stereocenters. The summed E-state index contributed by atoms with van der Waals surface area (Å²) in [7, 11) is 0. The number of anilines is 1. The van der Waals surface area contributed by atoms with Crippen LogP contribution >= 0.6 is 15.9 Å². The molecule has 3 rings (SSSR count).